The van der Waals surface area contributed by atoms with Crippen LogP contribution in [0.3, 0.4) is 0 Å². The lowest BCUT2D eigenvalue weighted by Crippen LogP contribution is -2.53. The Bertz CT molecular complexity index is 280. The maximum atomic E-state index is 11.4. The lowest BCUT2D eigenvalue weighted by molar-refractivity contribution is -0.0192. The van der Waals surface area contributed by atoms with Crippen LogP contribution in [0, 0.1) is 0 Å². The summed E-state index contributed by atoms with van der Waals surface area (Å²) in [5.74, 6) is 0.697. The summed E-state index contributed by atoms with van der Waals surface area (Å²) in [5.41, 5.74) is -0.598. The van der Waals surface area contributed by atoms with Crippen molar-refractivity contribution in [3.63, 3.8) is 0 Å². The molecule has 0 radical (unpaired) electrons. The standard InChI is InChI=1S/C10H20N2O3S/c13-10(1-3-11-4-2-10)9-12-5-7-16(14,15)8-6-12/h11,13H,1-9H2/p+1. The molecule has 2 heterocycles. The second kappa shape index (κ2) is 4.70. The number of nitrogens with zero attached hydrogens (tertiary/aromatic N) is 1. The zero-order valence-electron chi connectivity index (χ0n) is 9.52. The lowest BCUT2D eigenvalue weighted by Gasteiger charge is -2.38. The highest BCUT2D eigenvalue weighted by molar-refractivity contribution is 7.97. The quantitative estimate of drug-likeness (QED) is 0.569. The van der Waals surface area contributed by atoms with Crippen molar-refractivity contribution < 1.29 is 13.9 Å². The van der Waals surface area contributed by atoms with Crippen molar-refractivity contribution in [2.75, 3.05) is 44.2 Å². The highest BCUT2D eigenvalue weighted by atomic mass is 32.3. The highest BCUT2D eigenvalue weighted by Gasteiger charge is 2.37. The Balaban J connectivity index is 1.84. The smallest absolute Gasteiger partial charge is 0.216 e. The lowest BCUT2D eigenvalue weighted by atomic mass is 9.92. The summed E-state index contributed by atoms with van der Waals surface area (Å²) in [5, 5.41) is 13.6. The van der Waals surface area contributed by atoms with Gasteiger partial charge in [0, 0.05) is 19.6 Å². The van der Waals surface area contributed by atoms with Gasteiger partial charge in [0.1, 0.15) is 0 Å². The minimum atomic E-state index is -2.56. The van der Waals surface area contributed by atoms with Crippen LogP contribution in [-0.4, -0.2) is 64.4 Å². The first-order valence-electron chi connectivity index (χ1n) is 5.87. The van der Waals surface area contributed by atoms with Gasteiger partial charge < -0.3 is 10.4 Å². The second-order valence-electron chi connectivity index (χ2n) is 4.93. The molecule has 16 heavy (non-hydrogen) atoms. The van der Waals surface area contributed by atoms with Crippen LogP contribution in [-0.2, 0) is 14.4 Å². The summed E-state index contributed by atoms with van der Waals surface area (Å²) in [7, 11) is -2.56. The van der Waals surface area contributed by atoms with Gasteiger partial charge in [0.25, 0.3) is 0 Å². The topological polar surface area (TPSA) is 72.8 Å². The normalized spacial score (nSPS) is 30.1. The van der Waals surface area contributed by atoms with Gasteiger partial charge in [-0.3, -0.25) is 4.90 Å². The molecule has 2 fully saturated rings. The maximum absolute atomic E-state index is 11.4. The van der Waals surface area contributed by atoms with Crippen molar-refractivity contribution in [1.82, 2.24) is 10.2 Å². The molecule has 0 atom stereocenters. The van der Waals surface area contributed by atoms with Crippen LogP contribution in [0.25, 0.3) is 0 Å². The summed E-state index contributed by atoms with van der Waals surface area (Å²) in [6.07, 6.45) is 1.55. The van der Waals surface area contributed by atoms with Crippen LogP contribution in [0.5, 0.6) is 0 Å². The molecule has 2 rings (SSSR count). The first-order valence-corrected chi connectivity index (χ1v) is 7.72. The molecule has 0 saturated carbocycles. The van der Waals surface area contributed by atoms with Gasteiger partial charge in [-0.25, -0.2) is 0 Å². The van der Waals surface area contributed by atoms with Crippen molar-refractivity contribution in [1.29, 1.82) is 0 Å². The van der Waals surface area contributed by atoms with Crippen molar-refractivity contribution in [2.24, 2.45) is 0 Å². The van der Waals surface area contributed by atoms with E-state index in [1.807, 2.05) is 0 Å². The predicted octanol–water partition coefficient (Wildman–Crippen LogP) is -0.611. The molecular weight excluding hydrogens is 228 g/mol. The first kappa shape index (κ1) is 12.4. The molecule has 5 nitrogen and oxygen atoms in total. The molecule has 94 valence electrons. The Morgan fingerprint density at radius 2 is 1.81 bits per heavy atom. The van der Waals surface area contributed by atoms with Crippen molar-refractivity contribution >= 4 is 10.2 Å². The van der Waals surface area contributed by atoms with E-state index in [4.69, 9.17) is 0 Å². The fourth-order valence-electron chi connectivity index (χ4n) is 2.38. The fourth-order valence-corrected chi connectivity index (χ4v) is 3.67. The van der Waals surface area contributed by atoms with Gasteiger partial charge in [0.05, 0.1) is 5.60 Å². The van der Waals surface area contributed by atoms with Crippen LogP contribution in [0.1, 0.15) is 12.8 Å². The molecule has 0 bridgehead atoms. The number of hydrogen-bond acceptors (Lipinski definition) is 4. The molecule has 2 aliphatic rings. The third-order valence-electron chi connectivity index (χ3n) is 3.51. The number of β-amino-alcohol motifs (C(OH)–C–C–N with tert-alkyl or cyclic N) is 1. The van der Waals surface area contributed by atoms with Crippen LogP contribution in [0.2, 0.25) is 0 Å². The van der Waals surface area contributed by atoms with E-state index in [9.17, 15) is 13.9 Å². The van der Waals surface area contributed by atoms with Gasteiger partial charge in [-0.2, -0.15) is 4.55 Å². The van der Waals surface area contributed by atoms with Gasteiger partial charge in [-0.1, -0.05) is 4.21 Å². The van der Waals surface area contributed by atoms with E-state index in [1.165, 1.54) is 0 Å². The first-order chi connectivity index (χ1) is 7.49. The van der Waals surface area contributed by atoms with E-state index in [-0.39, 0.29) is 0 Å². The molecule has 0 aromatic heterocycles. The number of hydrogen-bond donors (Lipinski definition) is 3. The highest BCUT2D eigenvalue weighted by Crippen LogP contribution is 2.21. The van der Waals surface area contributed by atoms with Gasteiger partial charge in [-0.05, 0) is 25.9 Å². The average molecular weight is 249 g/mol. The van der Waals surface area contributed by atoms with Gasteiger partial charge in [-0.15, -0.1) is 0 Å². The van der Waals surface area contributed by atoms with E-state index in [0.717, 1.165) is 25.9 Å². The Hall–Kier alpha value is -0.0100. The van der Waals surface area contributed by atoms with Crippen molar-refractivity contribution in [3.8, 4) is 0 Å². The zero-order valence-corrected chi connectivity index (χ0v) is 10.3. The minimum absolute atomic E-state index is 0.349. The van der Waals surface area contributed by atoms with Crippen molar-refractivity contribution in [2.45, 2.75) is 18.4 Å². The van der Waals surface area contributed by atoms with Crippen LogP contribution < -0.4 is 5.32 Å². The number of nitrogens with one attached hydrogen (secondary N) is 1. The molecule has 3 N–H and O–H groups in total. The fraction of sp³-hybridized carbons (Fsp3) is 1.00. The Morgan fingerprint density at radius 3 is 2.38 bits per heavy atom. The van der Waals surface area contributed by atoms with Crippen molar-refractivity contribution in [3.05, 3.63) is 0 Å². The van der Waals surface area contributed by atoms with E-state index in [0.29, 0.717) is 31.1 Å². The second-order valence-corrected chi connectivity index (χ2v) is 7.29. The van der Waals surface area contributed by atoms with E-state index in [2.05, 4.69) is 10.2 Å². The van der Waals surface area contributed by atoms with E-state index in [1.54, 1.807) is 0 Å². The van der Waals surface area contributed by atoms with Gasteiger partial charge in [0.2, 0.25) is 10.2 Å². The third-order valence-corrected chi connectivity index (χ3v) is 5.15. The molecule has 0 aromatic rings. The molecule has 2 saturated heterocycles. The molecule has 0 amide bonds. The third kappa shape index (κ3) is 3.24. The molecule has 0 aromatic carbocycles. The Kier molecular flexibility index (Phi) is 3.65. The van der Waals surface area contributed by atoms with Crippen LogP contribution in [0.15, 0.2) is 0 Å². The van der Waals surface area contributed by atoms with Gasteiger partial charge in [0.15, 0.2) is 11.5 Å². The summed E-state index contributed by atoms with van der Waals surface area (Å²) >= 11 is 0. The maximum Gasteiger partial charge on any atom is 0.216 e. The summed E-state index contributed by atoms with van der Waals surface area (Å²) in [6.45, 7) is 3.63. The molecular formula is C10H21N2O3S+. The largest absolute Gasteiger partial charge is 0.388 e. The SMILES string of the molecule is O=[S+]1(O)CCN(CC2(O)CCNCC2)CC1. The number of rotatable bonds is 2. The number of aliphatic hydroxyl groups is 1. The van der Waals surface area contributed by atoms with E-state index >= 15 is 0 Å². The van der Waals surface area contributed by atoms with Crippen LogP contribution in [0.4, 0.5) is 0 Å². The molecule has 0 unspecified atom stereocenters. The van der Waals surface area contributed by atoms with E-state index < -0.39 is 15.8 Å². The Labute approximate surface area is 97.5 Å². The molecule has 0 aliphatic carbocycles. The summed E-state index contributed by atoms with van der Waals surface area (Å²) in [6, 6.07) is 0. The van der Waals surface area contributed by atoms with Gasteiger partial charge >= 0.3 is 0 Å². The number of piperidine rings is 1. The molecule has 2 aliphatic heterocycles. The summed E-state index contributed by atoms with van der Waals surface area (Å²) in [4.78, 5) is 2.12. The minimum Gasteiger partial charge on any atom is -0.388 e. The summed E-state index contributed by atoms with van der Waals surface area (Å²) < 4.78 is 20.8. The average Bonchev–Trinajstić information content (AvgIpc) is 2.22. The predicted molar refractivity (Wildman–Crippen MR) is 63.9 cm³/mol. The molecule has 0 spiro atoms. The Morgan fingerprint density at radius 1 is 1.25 bits per heavy atom. The monoisotopic (exact) mass is 249 g/mol. The van der Waals surface area contributed by atoms with Crippen LogP contribution >= 0.6 is 0 Å². The molecule has 6 heteroatoms. The zero-order chi connectivity index (χ0) is 11.6.